The first kappa shape index (κ1) is 18.9. The summed E-state index contributed by atoms with van der Waals surface area (Å²) in [5.74, 6) is 0.445. The molecule has 0 radical (unpaired) electrons. The van der Waals surface area contributed by atoms with Crippen molar-refractivity contribution in [2.45, 2.75) is 12.5 Å². The maximum absolute atomic E-state index is 13.0. The lowest BCUT2D eigenvalue weighted by Crippen LogP contribution is -2.26. The molecule has 4 rings (SSSR count). The van der Waals surface area contributed by atoms with Gasteiger partial charge in [-0.05, 0) is 42.0 Å². The summed E-state index contributed by atoms with van der Waals surface area (Å²) in [5.41, 5.74) is 2.54. The maximum atomic E-state index is 13.0. The zero-order valence-corrected chi connectivity index (χ0v) is 16.5. The van der Waals surface area contributed by atoms with Gasteiger partial charge in [0.25, 0.3) is 5.91 Å². The number of furan rings is 1. The number of anilines is 1. The van der Waals surface area contributed by atoms with Crippen molar-refractivity contribution in [3.63, 3.8) is 0 Å². The molecule has 1 aliphatic heterocycles. The van der Waals surface area contributed by atoms with E-state index in [2.05, 4.69) is 9.82 Å². The number of benzene rings is 2. The number of carbonyl (C=O) groups is 1. The molecule has 2 heterocycles. The van der Waals surface area contributed by atoms with Crippen LogP contribution in [0.25, 0.3) is 0 Å². The van der Waals surface area contributed by atoms with E-state index in [0.29, 0.717) is 23.4 Å². The lowest BCUT2D eigenvalue weighted by atomic mass is 10.0. The van der Waals surface area contributed by atoms with Crippen molar-refractivity contribution in [3.8, 4) is 0 Å². The molecule has 0 aliphatic carbocycles. The molecule has 3 aromatic rings. The topological polar surface area (TPSA) is 92.0 Å². The number of nitrogens with zero attached hydrogens (tertiary/aromatic N) is 2. The number of carbonyl (C=O) groups excluding carboxylic acids is 1. The lowest BCUT2D eigenvalue weighted by molar-refractivity contribution is 0.0693. The highest BCUT2D eigenvalue weighted by molar-refractivity contribution is 7.92. The van der Waals surface area contributed by atoms with Gasteiger partial charge in [0.1, 0.15) is 11.8 Å². The zero-order chi connectivity index (χ0) is 20.4. The van der Waals surface area contributed by atoms with Gasteiger partial charge >= 0.3 is 0 Å². The van der Waals surface area contributed by atoms with Gasteiger partial charge in [0.15, 0.2) is 0 Å². The second kappa shape index (κ2) is 7.56. The van der Waals surface area contributed by atoms with Crippen molar-refractivity contribution in [1.29, 1.82) is 0 Å². The Labute approximate surface area is 168 Å². The van der Waals surface area contributed by atoms with Gasteiger partial charge in [-0.2, -0.15) is 5.10 Å². The number of nitrogens with one attached hydrogen (secondary N) is 1. The zero-order valence-electron chi connectivity index (χ0n) is 15.6. The molecule has 1 atom stereocenters. The molecule has 1 unspecified atom stereocenters. The van der Waals surface area contributed by atoms with Crippen LogP contribution in [0.15, 0.2) is 82.5 Å². The van der Waals surface area contributed by atoms with Gasteiger partial charge < -0.3 is 4.42 Å². The van der Waals surface area contributed by atoms with Gasteiger partial charge in [0, 0.05) is 17.7 Å². The van der Waals surface area contributed by atoms with E-state index in [1.54, 1.807) is 48.7 Å². The van der Waals surface area contributed by atoms with Gasteiger partial charge in [-0.1, -0.05) is 30.3 Å². The fourth-order valence-corrected chi connectivity index (χ4v) is 3.80. The van der Waals surface area contributed by atoms with E-state index < -0.39 is 10.0 Å². The van der Waals surface area contributed by atoms with Crippen LogP contribution in [0.4, 0.5) is 5.69 Å². The van der Waals surface area contributed by atoms with Gasteiger partial charge in [-0.15, -0.1) is 0 Å². The Hall–Kier alpha value is -3.39. The number of hydrazone groups is 1. The molecule has 2 aromatic carbocycles. The third-order valence-electron chi connectivity index (χ3n) is 4.53. The Kier molecular flexibility index (Phi) is 4.94. The van der Waals surface area contributed by atoms with E-state index in [9.17, 15) is 13.2 Å². The normalized spacial score (nSPS) is 16.5. The van der Waals surface area contributed by atoms with Crippen LogP contribution in [0, 0.1) is 0 Å². The van der Waals surface area contributed by atoms with Crippen LogP contribution in [0.3, 0.4) is 0 Å². The summed E-state index contributed by atoms with van der Waals surface area (Å²) in [7, 11) is -3.34. The minimum Gasteiger partial charge on any atom is -0.467 e. The van der Waals surface area contributed by atoms with Crippen molar-refractivity contribution >= 4 is 27.3 Å². The summed E-state index contributed by atoms with van der Waals surface area (Å²) in [4.78, 5) is 13.0. The highest BCUT2D eigenvalue weighted by atomic mass is 32.2. The first-order valence-electron chi connectivity index (χ1n) is 8.98. The number of hydrogen-bond acceptors (Lipinski definition) is 5. The molecule has 0 saturated heterocycles. The van der Waals surface area contributed by atoms with Crippen LogP contribution in [0.1, 0.15) is 34.1 Å². The molecule has 1 aromatic heterocycles. The highest BCUT2D eigenvalue weighted by Gasteiger charge is 2.35. The van der Waals surface area contributed by atoms with E-state index in [4.69, 9.17) is 4.42 Å². The smallest absolute Gasteiger partial charge is 0.274 e. The van der Waals surface area contributed by atoms with E-state index in [1.807, 2.05) is 24.3 Å². The molecule has 8 heteroatoms. The first-order chi connectivity index (χ1) is 13.9. The lowest BCUT2D eigenvalue weighted by Gasteiger charge is -2.19. The number of rotatable bonds is 5. The Morgan fingerprint density at radius 1 is 1.07 bits per heavy atom. The third-order valence-corrected chi connectivity index (χ3v) is 5.14. The molecule has 1 N–H and O–H groups in total. The van der Waals surface area contributed by atoms with E-state index in [1.165, 1.54) is 5.01 Å². The molecule has 0 fully saturated rings. The van der Waals surface area contributed by atoms with Crippen LogP contribution in [0.5, 0.6) is 0 Å². The van der Waals surface area contributed by atoms with Crippen molar-refractivity contribution in [2.24, 2.45) is 5.10 Å². The second-order valence-corrected chi connectivity index (χ2v) is 8.50. The molecule has 29 heavy (non-hydrogen) atoms. The quantitative estimate of drug-likeness (QED) is 0.696. The third kappa shape index (κ3) is 4.22. The maximum Gasteiger partial charge on any atom is 0.274 e. The Morgan fingerprint density at radius 3 is 2.41 bits per heavy atom. The molecule has 0 saturated carbocycles. The molecule has 1 aliphatic rings. The fourth-order valence-electron chi connectivity index (χ4n) is 3.23. The minimum atomic E-state index is -3.34. The summed E-state index contributed by atoms with van der Waals surface area (Å²) in [6, 6.07) is 19.1. The Bertz CT molecular complexity index is 1140. The van der Waals surface area contributed by atoms with Gasteiger partial charge in [-0.25, -0.2) is 13.4 Å². The standard InChI is InChI=1S/C21H19N3O4S/c1-29(26,27)23-17-11-9-15(10-12-17)18-14-19(20-8-5-13-28-20)24(22-18)21(25)16-6-3-2-4-7-16/h2-13,19,23H,14H2,1H3. The summed E-state index contributed by atoms with van der Waals surface area (Å²) < 4.78 is 30.7. The monoisotopic (exact) mass is 409 g/mol. The second-order valence-electron chi connectivity index (χ2n) is 6.75. The Balaban J connectivity index is 1.65. The highest BCUT2D eigenvalue weighted by Crippen LogP contribution is 2.34. The predicted octanol–water partition coefficient (Wildman–Crippen LogP) is 3.64. The molecular formula is C21H19N3O4S. The summed E-state index contributed by atoms with van der Waals surface area (Å²) in [6.45, 7) is 0. The van der Waals surface area contributed by atoms with Crippen molar-refractivity contribution in [2.75, 3.05) is 11.0 Å². The molecule has 148 valence electrons. The van der Waals surface area contributed by atoms with Crippen LogP contribution in [-0.4, -0.2) is 31.3 Å². The minimum absolute atomic E-state index is 0.211. The number of hydrogen-bond donors (Lipinski definition) is 1. The van der Waals surface area contributed by atoms with Crippen LogP contribution >= 0.6 is 0 Å². The summed E-state index contributed by atoms with van der Waals surface area (Å²) >= 11 is 0. The number of amides is 1. The van der Waals surface area contributed by atoms with Crippen molar-refractivity contribution < 1.29 is 17.6 Å². The SMILES string of the molecule is CS(=O)(=O)Nc1ccc(C2=NN(C(=O)c3ccccc3)C(c3ccco3)C2)cc1. The van der Waals surface area contributed by atoms with Crippen LogP contribution < -0.4 is 4.72 Å². The molecule has 1 amide bonds. The van der Waals surface area contributed by atoms with Gasteiger partial charge in [0.2, 0.25) is 10.0 Å². The van der Waals surface area contributed by atoms with Crippen LogP contribution in [0.2, 0.25) is 0 Å². The van der Waals surface area contributed by atoms with Gasteiger partial charge in [-0.3, -0.25) is 9.52 Å². The van der Waals surface area contributed by atoms with E-state index in [-0.39, 0.29) is 11.9 Å². The predicted molar refractivity (Wildman–Crippen MR) is 110 cm³/mol. The molecule has 0 bridgehead atoms. The van der Waals surface area contributed by atoms with Crippen molar-refractivity contribution in [3.05, 3.63) is 89.9 Å². The summed E-state index contributed by atoms with van der Waals surface area (Å²) in [5, 5.41) is 6.03. The molecule has 7 nitrogen and oxygen atoms in total. The van der Waals surface area contributed by atoms with Crippen molar-refractivity contribution in [1.82, 2.24) is 5.01 Å². The largest absolute Gasteiger partial charge is 0.467 e. The molecule has 0 spiro atoms. The Morgan fingerprint density at radius 2 is 1.79 bits per heavy atom. The average Bonchev–Trinajstić information content (AvgIpc) is 3.37. The number of sulfonamides is 1. The van der Waals surface area contributed by atoms with Crippen LogP contribution in [-0.2, 0) is 10.0 Å². The first-order valence-corrected chi connectivity index (χ1v) is 10.9. The summed E-state index contributed by atoms with van der Waals surface area (Å²) in [6.07, 6.45) is 3.16. The van der Waals surface area contributed by atoms with E-state index >= 15 is 0 Å². The fraction of sp³-hybridized carbons (Fsp3) is 0.143. The molecular weight excluding hydrogens is 390 g/mol. The van der Waals surface area contributed by atoms with E-state index in [0.717, 1.165) is 17.5 Å². The average molecular weight is 409 g/mol. The van der Waals surface area contributed by atoms with Gasteiger partial charge in [0.05, 0.1) is 18.2 Å².